The Morgan fingerprint density at radius 2 is 1.77 bits per heavy atom. The lowest BCUT2D eigenvalue weighted by molar-refractivity contribution is -0.134. The number of benzene rings is 1. The zero-order chi connectivity index (χ0) is 18.5. The third-order valence-electron chi connectivity index (χ3n) is 6.01. The Hall–Kier alpha value is -1.84. The first-order valence-corrected chi connectivity index (χ1v) is 10.2. The quantitative estimate of drug-likeness (QED) is 0.809. The van der Waals surface area contributed by atoms with Crippen LogP contribution < -0.4 is 5.32 Å². The third-order valence-corrected chi connectivity index (χ3v) is 6.01. The van der Waals surface area contributed by atoms with E-state index in [-0.39, 0.29) is 23.8 Å². The van der Waals surface area contributed by atoms with Crippen molar-refractivity contribution in [1.29, 1.82) is 0 Å². The van der Waals surface area contributed by atoms with Crippen LogP contribution in [0.3, 0.4) is 0 Å². The van der Waals surface area contributed by atoms with E-state index in [0.29, 0.717) is 12.3 Å². The number of piperidine rings is 1. The second-order valence-electron chi connectivity index (χ2n) is 8.06. The third kappa shape index (κ3) is 4.87. The molecular formula is C22H32N2O2. The van der Waals surface area contributed by atoms with Crippen LogP contribution in [0, 0.1) is 11.8 Å². The summed E-state index contributed by atoms with van der Waals surface area (Å²) >= 11 is 0. The summed E-state index contributed by atoms with van der Waals surface area (Å²) in [5, 5.41) is 3.19. The maximum atomic E-state index is 12.9. The van der Waals surface area contributed by atoms with E-state index >= 15 is 0 Å². The van der Waals surface area contributed by atoms with E-state index in [2.05, 4.69) is 19.2 Å². The van der Waals surface area contributed by atoms with Crippen molar-refractivity contribution in [2.75, 3.05) is 13.1 Å². The molecule has 0 bridgehead atoms. The molecule has 3 rings (SSSR count). The molecule has 0 aromatic heterocycles. The molecule has 1 heterocycles. The van der Waals surface area contributed by atoms with E-state index in [9.17, 15) is 9.59 Å². The number of rotatable bonds is 7. The second-order valence-corrected chi connectivity index (χ2v) is 8.06. The lowest BCUT2D eigenvalue weighted by atomic mass is 9.93. The molecule has 1 aromatic rings. The maximum absolute atomic E-state index is 12.9. The number of carbonyl (C=O) groups excluding carboxylic acids is 2. The highest BCUT2D eigenvalue weighted by Gasteiger charge is 2.31. The summed E-state index contributed by atoms with van der Waals surface area (Å²) in [6.07, 6.45) is 5.76. The van der Waals surface area contributed by atoms with Crippen molar-refractivity contribution in [2.24, 2.45) is 11.8 Å². The van der Waals surface area contributed by atoms with Gasteiger partial charge in [0, 0.05) is 25.6 Å². The molecule has 1 aliphatic carbocycles. The van der Waals surface area contributed by atoms with Crippen LogP contribution >= 0.6 is 0 Å². The normalized spacial score (nSPS) is 20.5. The average Bonchev–Trinajstić information content (AvgIpc) is 3.49. The largest absolute Gasteiger partial charge is 0.353 e. The minimum Gasteiger partial charge on any atom is -0.353 e. The summed E-state index contributed by atoms with van der Waals surface area (Å²) in [4.78, 5) is 27.1. The van der Waals surface area contributed by atoms with Gasteiger partial charge in [-0.2, -0.15) is 0 Å². The monoisotopic (exact) mass is 356 g/mol. The first-order valence-electron chi connectivity index (χ1n) is 10.2. The van der Waals surface area contributed by atoms with Gasteiger partial charge in [0.15, 0.2) is 0 Å². The number of carbonyl (C=O) groups is 2. The van der Waals surface area contributed by atoms with Gasteiger partial charge < -0.3 is 10.2 Å². The molecule has 2 amide bonds. The highest BCUT2D eigenvalue weighted by Crippen LogP contribution is 2.38. The van der Waals surface area contributed by atoms with Gasteiger partial charge in [-0.15, -0.1) is 0 Å². The number of nitrogens with one attached hydrogen (secondary N) is 1. The minimum atomic E-state index is -0.0540. The van der Waals surface area contributed by atoms with Crippen molar-refractivity contribution in [3.05, 3.63) is 35.9 Å². The Morgan fingerprint density at radius 1 is 1.12 bits per heavy atom. The van der Waals surface area contributed by atoms with E-state index < -0.39 is 0 Å². The minimum absolute atomic E-state index is 0.0540. The summed E-state index contributed by atoms with van der Waals surface area (Å²) in [5.74, 6) is 1.63. The Balaban J connectivity index is 1.46. The lowest BCUT2D eigenvalue weighted by Crippen LogP contribution is -2.47. The standard InChI is InChI=1S/C22H32N2O2/c1-3-20(18-7-5-4-6-8-18)22(26)24-13-11-19(12-14-24)23-21(25)15-16(2)17-9-10-17/h4-8,16-17,19-20H,3,9-15H2,1-2H3,(H,23,25). The summed E-state index contributed by atoms with van der Waals surface area (Å²) < 4.78 is 0. The molecule has 2 unspecified atom stereocenters. The van der Waals surface area contributed by atoms with Crippen molar-refractivity contribution < 1.29 is 9.59 Å². The van der Waals surface area contributed by atoms with Gasteiger partial charge in [0.25, 0.3) is 0 Å². The van der Waals surface area contributed by atoms with Crippen LogP contribution in [0.5, 0.6) is 0 Å². The smallest absolute Gasteiger partial charge is 0.230 e. The first kappa shape index (κ1) is 18.9. The van der Waals surface area contributed by atoms with Gasteiger partial charge >= 0.3 is 0 Å². The highest BCUT2D eigenvalue weighted by atomic mass is 16.2. The van der Waals surface area contributed by atoms with Crippen LogP contribution in [-0.2, 0) is 9.59 Å². The van der Waals surface area contributed by atoms with Crippen LogP contribution in [0.15, 0.2) is 30.3 Å². The Morgan fingerprint density at radius 3 is 2.35 bits per heavy atom. The van der Waals surface area contributed by atoms with E-state index in [4.69, 9.17) is 0 Å². The van der Waals surface area contributed by atoms with Gasteiger partial charge in [0.1, 0.15) is 0 Å². The van der Waals surface area contributed by atoms with Crippen molar-refractivity contribution in [1.82, 2.24) is 10.2 Å². The Labute approximate surface area is 157 Å². The van der Waals surface area contributed by atoms with Crippen LogP contribution in [0.25, 0.3) is 0 Å². The zero-order valence-corrected chi connectivity index (χ0v) is 16.1. The Kier molecular flexibility index (Phi) is 6.33. The molecule has 1 saturated heterocycles. The van der Waals surface area contributed by atoms with Gasteiger partial charge in [-0.05, 0) is 49.5 Å². The number of amides is 2. The Bertz CT molecular complexity index is 604. The van der Waals surface area contributed by atoms with Gasteiger partial charge in [-0.25, -0.2) is 0 Å². The molecule has 1 N–H and O–H groups in total. The lowest BCUT2D eigenvalue weighted by Gasteiger charge is -2.34. The second kappa shape index (κ2) is 8.70. The van der Waals surface area contributed by atoms with E-state index in [1.807, 2.05) is 35.2 Å². The fraction of sp³-hybridized carbons (Fsp3) is 0.636. The molecule has 26 heavy (non-hydrogen) atoms. The summed E-state index contributed by atoms with van der Waals surface area (Å²) in [6, 6.07) is 10.3. The highest BCUT2D eigenvalue weighted by molar-refractivity contribution is 5.84. The summed E-state index contributed by atoms with van der Waals surface area (Å²) in [6.45, 7) is 5.74. The van der Waals surface area contributed by atoms with Crippen LogP contribution in [0.1, 0.15) is 63.9 Å². The molecule has 4 nitrogen and oxygen atoms in total. The summed E-state index contributed by atoms with van der Waals surface area (Å²) in [7, 11) is 0. The van der Waals surface area contributed by atoms with Gasteiger partial charge in [0.2, 0.25) is 11.8 Å². The molecule has 142 valence electrons. The van der Waals surface area contributed by atoms with Crippen molar-refractivity contribution in [3.8, 4) is 0 Å². The van der Waals surface area contributed by atoms with Crippen LogP contribution in [-0.4, -0.2) is 35.8 Å². The van der Waals surface area contributed by atoms with Crippen molar-refractivity contribution in [2.45, 2.75) is 64.3 Å². The molecule has 1 aliphatic heterocycles. The van der Waals surface area contributed by atoms with Gasteiger partial charge in [0.05, 0.1) is 5.92 Å². The summed E-state index contributed by atoms with van der Waals surface area (Å²) in [5.41, 5.74) is 1.10. The van der Waals surface area contributed by atoms with Crippen LogP contribution in [0.4, 0.5) is 0 Å². The molecule has 0 radical (unpaired) electrons. The van der Waals surface area contributed by atoms with E-state index in [1.165, 1.54) is 12.8 Å². The molecule has 2 atom stereocenters. The van der Waals surface area contributed by atoms with Gasteiger partial charge in [-0.3, -0.25) is 9.59 Å². The van der Waals surface area contributed by atoms with Crippen molar-refractivity contribution in [3.63, 3.8) is 0 Å². The van der Waals surface area contributed by atoms with E-state index in [1.54, 1.807) is 0 Å². The SMILES string of the molecule is CCC(C(=O)N1CCC(NC(=O)CC(C)C2CC2)CC1)c1ccccc1. The maximum Gasteiger partial charge on any atom is 0.230 e. The molecule has 1 saturated carbocycles. The predicted molar refractivity (Wildman–Crippen MR) is 104 cm³/mol. The number of likely N-dealkylation sites (tertiary alicyclic amines) is 1. The molecule has 0 spiro atoms. The first-order chi connectivity index (χ1) is 12.6. The predicted octanol–water partition coefficient (Wildman–Crippen LogP) is 3.72. The van der Waals surface area contributed by atoms with Crippen molar-refractivity contribution >= 4 is 11.8 Å². The molecule has 2 aliphatic rings. The zero-order valence-electron chi connectivity index (χ0n) is 16.1. The number of hydrogen-bond donors (Lipinski definition) is 1. The van der Waals surface area contributed by atoms with Gasteiger partial charge in [-0.1, -0.05) is 44.2 Å². The average molecular weight is 357 g/mol. The molecule has 2 fully saturated rings. The number of nitrogens with zero attached hydrogens (tertiary/aromatic N) is 1. The van der Waals surface area contributed by atoms with E-state index in [0.717, 1.165) is 43.8 Å². The fourth-order valence-electron chi connectivity index (χ4n) is 4.11. The molecule has 4 heteroatoms. The molecule has 1 aromatic carbocycles. The fourth-order valence-corrected chi connectivity index (χ4v) is 4.11. The van der Waals surface area contributed by atoms with Crippen LogP contribution in [0.2, 0.25) is 0 Å². The topological polar surface area (TPSA) is 49.4 Å². The molecular weight excluding hydrogens is 324 g/mol. The number of hydrogen-bond acceptors (Lipinski definition) is 2.